The first kappa shape index (κ1) is 44.8. The molecule has 11 rings (SSSR count). The predicted molar refractivity (Wildman–Crippen MR) is 276 cm³/mol. The summed E-state index contributed by atoms with van der Waals surface area (Å²) in [6.45, 7) is 8.67. The highest BCUT2D eigenvalue weighted by Gasteiger charge is 2.16. The Labute approximate surface area is 390 Å². The van der Waals surface area contributed by atoms with E-state index in [1.807, 2.05) is 6.07 Å². The van der Waals surface area contributed by atoms with E-state index in [2.05, 4.69) is 287 Å². The van der Waals surface area contributed by atoms with Gasteiger partial charge in [-0.05, 0) is 119 Å². The number of hydrogen-bond acceptors (Lipinski definition) is 0. The summed E-state index contributed by atoms with van der Waals surface area (Å²) in [5.74, 6) is 0. The summed E-state index contributed by atoms with van der Waals surface area (Å²) in [5, 5.41) is 9.18. The summed E-state index contributed by atoms with van der Waals surface area (Å²) >= 11 is 0. The maximum absolute atomic E-state index is 2.28. The number of hydrogen-bond donors (Lipinski definition) is 0. The number of fused-ring (bicyclic) bond motifs is 5. The lowest BCUT2D eigenvalue weighted by Gasteiger charge is -2.08. The minimum atomic E-state index is 1.25. The fraction of sp³-hybridized carbons (Fsp3) is 0.129. The third-order valence-electron chi connectivity index (χ3n) is 12.5. The Bertz CT molecular complexity index is 3370. The Morgan fingerprint density at radius 1 is 0.288 bits per heavy atom. The number of benzene rings is 7. The molecule has 0 radical (unpaired) electrons. The van der Waals surface area contributed by atoms with Crippen molar-refractivity contribution in [3.8, 4) is 33.8 Å². The van der Waals surface area contributed by atoms with Crippen molar-refractivity contribution < 1.29 is 18.3 Å². The van der Waals surface area contributed by atoms with Gasteiger partial charge in [0.15, 0.2) is 24.8 Å². The Hall–Kier alpha value is -7.82. The number of nitrogens with zero attached hydrogens (tertiary/aromatic N) is 4. The molecule has 0 saturated heterocycles. The van der Waals surface area contributed by atoms with Crippen molar-refractivity contribution in [3.63, 3.8) is 0 Å². The number of pyridine rings is 4. The summed E-state index contributed by atoms with van der Waals surface area (Å²) in [7, 11) is 8.36. The van der Waals surface area contributed by atoms with E-state index in [-0.39, 0.29) is 0 Å². The smallest absolute Gasteiger partial charge is 0.201 e. The molecule has 66 heavy (non-hydrogen) atoms. The quantitative estimate of drug-likeness (QED) is 0.124. The Morgan fingerprint density at radius 2 is 0.773 bits per heavy atom. The van der Waals surface area contributed by atoms with Gasteiger partial charge < -0.3 is 0 Å². The highest BCUT2D eigenvalue weighted by molar-refractivity contribution is 6.05. The van der Waals surface area contributed by atoms with Crippen molar-refractivity contribution in [3.05, 3.63) is 241 Å². The monoisotopic (exact) mass is 860 g/mol. The van der Waals surface area contributed by atoms with Crippen LogP contribution in [0.3, 0.4) is 0 Å². The van der Waals surface area contributed by atoms with Gasteiger partial charge in [-0.1, -0.05) is 109 Å². The lowest BCUT2D eigenvalue weighted by atomic mass is 9.97. The van der Waals surface area contributed by atoms with Gasteiger partial charge >= 0.3 is 0 Å². The van der Waals surface area contributed by atoms with Gasteiger partial charge in [-0.15, -0.1) is 0 Å². The lowest BCUT2D eigenvalue weighted by Crippen LogP contribution is -2.30. The van der Waals surface area contributed by atoms with Crippen molar-refractivity contribution in [1.82, 2.24) is 0 Å². The Morgan fingerprint density at radius 3 is 1.44 bits per heavy atom. The first-order chi connectivity index (χ1) is 32.1. The SMILES string of the molecule is Cc1cc2ccccc2cc1-c1cccc[n+]1C.Cc1ccc2ccccc2c1-c1cccc[n+]1C.Cc1cccc2ccc3ccc[n+](C)c3c12.Cc1ccccc1-c1cccc[n+]1C. The van der Waals surface area contributed by atoms with E-state index < -0.39 is 0 Å². The zero-order chi connectivity index (χ0) is 46.2. The molecule has 0 unspecified atom stereocenters. The highest BCUT2D eigenvalue weighted by atomic mass is 14.9. The minimum absolute atomic E-state index is 1.25. The standard InChI is InChI=1S/2C17H16N.C15H14N.C13H14N/c1-13-10-11-14-7-3-4-8-15(14)17(13)16-9-5-6-12-18(16)2;1-13-11-14-7-3-4-8-15(14)12-16(13)17-9-5-6-10-18(17)2;1-11-5-3-6-12-8-9-13-7-4-10-16(2)15(13)14(11)12;1-11-7-3-4-8-12(11)13-9-5-6-10-14(13)2/h2*3-12H,1-2H3;3-10H,1-2H3;3-10H,1-2H3/q4*+1. The first-order valence-corrected chi connectivity index (χ1v) is 22.7. The first-order valence-electron chi connectivity index (χ1n) is 22.7. The molecule has 0 saturated carbocycles. The second-order valence-electron chi connectivity index (χ2n) is 17.2. The molecule has 0 amide bonds. The summed E-state index contributed by atoms with van der Waals surface area (Å²) in [4.78, 5) is 0. The van der Waals surface area contributed by atoms with Gasteiger partial charge in [0.2, 0.25) is 22.6 Å². The second-order valence-corrected chi connectivity index (χ2v) is 17.2. The number of aromatic nitrogens is 4. The fourth-order valence-electron chi connectivity index (χ4n) is 9.02. The Kier molecular flexibility index (Phi) is 13.8. The van der Waals surface area contributed by atoms with Crippen molar-refractivity contribution in [2.24, 2.45) is 28.2 Å². The Balaban J connectivity index is 0.000000120. The van der Waals surface area contributed by atoms with Crippen LogP contribution in [0.25, 0.3) is 77.0 Å². The lowest BCUT2D eigenvalue weighted by molar-refractivity contribution is -0.660. The molecule has 0 fully saturated rings. The molecule has 0 bridgehead atoms. The zero-order valence-electron chi connectivity index (χ0n) is 39.6. The molecule has 0 aliphatic carbocycles. The van der Waals surface area contributed by atoms with Crippen LogP contribution in [0.2, 0.25) is 0 Å². The van der Waals surface area contributed by atoms with E-state index in [0.717, 1.165) is 0 Å². The van der Waals surface area contributed by atoms with Gasteiger partial charge in [-0.2, -0.15) is 0 Å². The topological polar surface area (TPSA) is 15.5 Å². The van der Waals surface area contributed by atoms with Crippen LogP contribution >= 0.6 is 0 Å². The molecule has 4 nitrogen and oxygen atoms in total. The van der Waals surface area contributed by atoms with Crippen molar-refractivity contribution in [2.45, 2.75) is 27.7 Å². The van der Waals surface area contributed by atoms with E-state index in [1.165, 1.54) is 99.2 Å². The highest BCUT2D eigenvalue weighted by Crippen LogP contribution is 2.30. The molecule has 0 aliphatic rings. The van der Waals surface area contributed by atoms with Gasteiger partial charge in [0.25, 0.3) is 0 Å². The molecule has 0 spiro atoms. The van der Waals surface area contributed by atoms with Gasteiger partial charge in [0, 0.05) is 59.0 Å². The number of aryl methyl sites for hydroxylation is 8. The average Bonchev–Trinajstić information content (AvgIpc) is 3.33. The molecule has 0 N–H and O–H groups in total. The minimum Gasteiger partial charge on any atom is -0.201 e. The largest absolute Gasteiger partial charge is 0.220 e. The summed E-state index contributed by atoms with van der Waals surface area (Å²) in [5.41, 5.74) is 14.3. The summed E-state index contributed by atoms with van der Waals surface area (Å²) in [6, 6.07) is 68.5. The van der Waals surface area contributed by atoms with Gasteiger partial charge in [-0.25, -0.2) is 18.3 Å². The molecule has 324 valence electrons. The molecule has 0 atom stereocenters. The zero-order valence-corrected chi connectivity index (χ0v) is 39.6. The second kappa shape index (κ2) is 20.3. The molecule has 0 aliphatic heterocycles. The molecule has 4 heteroatoms. The van der Waals surface area contributed by atoms with Crippen molar-refractivity contribution in [2.75, 3.05) is 0 Å². The van der Waals surface area contributed by atoms with Gasteiger partial charge in [0.05, 0.1) is 10.9 Å². The van der Waals surface area contributed by atoms with Gasteiger partial charge in [0.1, 0.15) is 28.2 Å². The molecular formula is C62H60N4+4. The third kappa shape index (κ3) is 9.79. The normalized spacial score (nSPS) is 10.7. The molecule has 4 aromatic heterocycles. The number of rotatable bonds is 3. The third-order valence-corrected chi connectivity index (χ3v) is 12.5. The molecule has 11 aromatic rings. The van der Waals surface area contributed by atoms with E-state index in [0.29, 0.717) is 0 Å². The van der Waals surface area contributed by atoms with Crippen LogP contribution in [0.4, 0.5) is 0 Å². The van der Waals surface area contributed by atoms with E-state index in [4.69, 9.17) is 0 Å². The summed E-state index contributed by atoms with van der Waals surface area (Å²) in [6.07, 6.45) is 8.36. The fourth-order valence-corrected chi connectivity index (χ4v) is 9.02. The van der Waals surface area contributed by atoms with Gasteiger partial charge in [-0.3, -0.25) is 0 Å². The molecular weight excluding hydrogens is 801 g/mol. The van der Waals surface area contributed by atoms with Crippen LogP contribution in [0.1, 0.15) is 22.3 Å². The van der Waals surface area contributed by atoms with Crippen LogP contribution in [-0.2, 0) is 28.2 Å². The average molecular weight is 861 g/mol. The predicted octanol–water partition coefficient (Wildman–Crippen LogP) is 12.9. The van der Waals surface area contributed by atoms with E-state index >= 15 is 0 Å². The molecule has 7 aromatic carbocycles. The molecule has 4 heterocycles. The maximum Gasteiger partial charge on any atom is 0.220 e. The van der Waals surface area contributed by atoms with Crippen LogP contribution in [0.15, 0.2) is 219 Å². The summed E-state index contributed by atoms with van der Waals surface area (Å²) < 4.78 is 8.68. The van der Waals surface area contributed by atoms with Crippen LogP contribution < -0.4 is 18.3 Å². The van der Waals surface area contributed by atoms with Crippen molar-refractivity contribution in [1.29, 1.82) is 0 Å². The van der Waals surface area contributed by atoms with Crippen LogP contribution in [0.5, 0.6) is 0 Å². The van der Waals surface area contributed by atoms with Crippen LogP contribution in [0, 0.1) is 27.7 Å². The van der Waals surface area contributed by atoms with E-state index in [9.17, 15) is 0 Å². The van der Waals surface area contributed by atoms with E-state index in [1.54, 1.807) is 0 Å². The maximum atomic E-state index is 2.28. The van der Waals surface area contributed by atoms with Crippen molar-refractivity contribution >= 4 is 43.2 Å². The van der Waals surface area contributed by atoms with Crippen LogP contribution in [-0.4, -0.2) is 0 Å².